The largest absolute Gasteiger partial charge is 0.338 e. The second-order valence-corrected chi connectivity index (χ2v) is 7.25. The van der Waals surface area contributed by atoms with Crippen molar-refractivity contribution in [3.63, 3.8) is 0 Å². The highest BCUT2D eigenvalue weighted by atomic mass is 16.2. The lowest BCUT2D eigenvalue weighted by Gasteiger charge is -2.32. The molecule has 2 heterocycles. The van der Waals surface area contributed by atoms with Crippen molar-refractivity contribution in [2.24, 2.45) is 0 Å². The zero-order chi connectivity index (χ0) is 19.3. The Labute approximate surface area is 165 Å². The number of piperidine rings is 1. The van der Waals surface area contributed by atoms with Crippen molar-refractivity contribution in [2.45, 2.75) is 25.7 Å². The summed E-state index contributed by atoms with van der Waals surface area (Å²) in [5.41, 5.74) is 3.85. The molecule has 1 amide bonds. The van der Waals surface area contributed by atoms with E-state index in [1.807, 2.05) is 72.5 Å². The molecule has 0 saturated carbocycles. The van der Waals surface area contributed by atoms with Crippen LogP contribution >= 0.6 is 0 Å². The first-order valence-corrected chi connectivity index (χ1v) is 9.70. The molecule has 1 fully saturated rings. The molecule has 0 bridgehead atoms. The summed E-state index contributed by atoms with van der Waals surface area (Å²) in [6.45, 7) is 3.51. The minimum Gasteiger partial charge on any atom is -0.338 e. The van der Waals surface area contributed by atoms with Gasteiger partial charge in [-0.25, -0.2) is 9.97 Å². The summed E-state index contributed by atoms with van der Waals surface area (Å²) in [5, 5.41) is 3.25. The Hall–Kier alpha value is -3.21. The first-order chi connectivity index (χ1) is 13.7. The van der Waals surface area contributed by atoms with Crippen molar-refractivity contribution in [1.29, 1.82) is 0 Å². The molecular formula is C23H24N4O. The van der Waals surface area contributed by atoms with Crippen LogP contribution in [-0.2, 0) is 0 Å². The van der Waals surface area contributed by atoms with Crippen molar-refractivity contribution in [3.8, 4) is 0 Å². The van der Waals surface area contributed by atoms with Crippen LogP contribution in [0.5, 0.6) is 0 Å². The molecule has 2 aromatic carbocycles. The van der Waals surface area contributed by atoms with Gasteiger partial charge in [-0.05, 0) is 50.1 Å². The lowest BCUT2D eigenvalue weighted by Crippen LogP contribution is -2.39. The minimum atomic E-state index is 0.0985. The van der Waals surface area contributed by atoms with Gasteiger partial charge in [0.2, 0.25) is 5.95 Å². The van der Waals surface area contributed by atoms with Gasteiger partial charge < -0.3 is 10.2 Å². The Balaban J connectivity index is 1.48. The van der Waals surface area contributed by atoms with E-state index in [0.29, 0.717) is 12.5 Å². The molecule has 1 N–H and O–H groups in total. The fraction of sp³-hybridized carbons (Fsp3) is 0.261. The molecule has 1 saturated heterocycles. The fourth-order valence-electron chi connectivity index (χ4n) is 3.59. The van der Waals surface area contributed by atoms with Crippen molar-refractivity contribution in [2.75, 3.05) is 18.4 Å². The summed E-state index contributed by atoms with van der Waals surface area (Å²) in [4.78, 5) is 23.9. The van der Waals surface area contributed by atoms with Crippen LogP contribution in [0.15, 0.2) is 66.9 Å². The number of nitrogens with zero attached hydrogens (tertiary/aromatic N) is 3. The standard InChI is InChI=1S/C23H24N4O/c1-17-9-11-18(12-10-17)22(28)27-15-5-6-19(16-27)21-13-14-24-23(26-21)25-20-7-3-2-4-8-20/h2-4,7-14,19H,5-6,15-16H2,1H3,(H,24,25,26)/t19-/m0/s1. The molecule has 1 aromatic heterocycles. The van der Waals surface area contributed by atoms with Crippen molar-refractivity contribution >= 4 is 17.5 Å². The number of aromatic nitrogens is 2. The number of likely N-dealkylation sites (tertiary alicyclic amines) is 1. The monoisotopic (exact) mass is 372 g/mol. The van der Waals surface area contributed by atoms with E-state index in [2.05, 4.69) is 10.3 Å². The van der Waals surface area contributed by atoms with Gasteiger partial charge in [-0.15, -0.1) is 0 Å². The fourth-order valence-corrected chi connectivity index (χ4v) is 3.59. The van der Waals surface area contributed by atoms with Crippen molar-refractivity contribution in [3.05, 3.63) is 83.7 Å². The maximum Gasteiger partial charge on any atom is 0.253 e. The summed E-state index contributed by atoms with van der Waals surface area (Å²) in [7, 11) is 0. The molecule has 4 rings (SSSR count). The highest BCUT2D eigenvalue weighted by molar-refractivity contribution is 5.94. The number of carbonyl (C=O) groups is 1. The van der Waals surface area contributed by atoms with E-state index < -0.39 is 0 Å². The lowest BCUT2D eigenvalue weighted by molar-refractivity contribution is 0.0706. The molecule has 3 aromatic rings. The first kappa shape index (κ1) is 18.2. The molecule has 1 aliphatic heterocycles. The number of aryl methyl sites for hydroxylation is 1. The third-order valence-corrected chi connectivity index (χ3v) is 5.13. The number of hydrogen-bond acceptors (Lipinski definition) is 4. The summed E-state index contributed by atoms with van der Waals surface area (Å²) < 4.78 is 0. The minimum absolute atomic E-state index is 0.0985. The van der Waals surface area contributed by atoms with E-state index in [4.69, 9.17) is 4.98 Å². The second kappa shape index (κ2) is 8.21. The Kier molecular flexibility index (Phi) is 5.33. The van der Waals surface area contributed by atoms with Gasteiger partial charge >= 0.3 is 0 Å². The zero-order valence-electron chi connectivity index (χ0n) is 16.0. The predicted molar refractivity (Wildman–Crippen MR) is 111 cm³/mol. The molecule has 5 nitrogen and oxygen atoms in total. The lowest BCUT2D eigenvalue weighted by atomic mass is 9.94. The van der Waals surface area contributed by atoms with Gasteiger partial charge in [0, 0.05) is 36.5 Å². The van der Waals surface area contributed by atoms with Crippen LogP contribution in [0.3, 0.4) is 0 Å². The van der Waals surface area contributed by atoms with Crippen molar-refractivity contribution < 1.29 is 4.79 Å². The molecule has 142 valence electrons. The number of rotatable bonds is 4. The van der Waals surface area contributed by atoms with Crippen LogP contribution in [-0.4, -0.2) is 33.9 Å². The number of hydrogen-bond donors (Lipinski definition) is 1. The Bertz CT molecular complexity index is 940. The molecule has 0 spiro atoms. The SMILES string of the molecule is Cc1ccc(C(=O)N2CCC[C@H](c3ccnc(Nc4ccccc4)n3)C2)cc1. The molecular weight excluding hydrogens is 348 g/mol. The number of amides is 1. The van der Waals surface area contributed by atoms with Gasteiger partial charge in [0.1, 0.15) is 0 Å². The molecule has 28 heavy (non-hydrogen) atoms. The van der Waals surface area contributed by atoms with E-state index in [1.54, 1.807) is 6.20 Å². The number of benzene rings is 2. The van der Waals surface area contributed by atoms with E-state index in [0.717, 1.165) is 41.9 Å². The molecule has 5 heteroatoms. The average Bonchev–Trinajstić information content (AvgIpc) is 2.75. The Morgan fingerprint density at radius 1 is 1.07 bits per heavy atom. The highest BCUT2D eigenvalue weighted by Crippen LogP contribution is 2.27. The summed E-state index contributed by atoms with van der Waals surface area (Å²) >= 11 is 0. The van der Waals surface area contributed by atoms with E-state index >= 15 is 0 Å². The summed E-state index contributed by atoms with van der Waals surface area (Å²) in [6.07, 6.45) is 3.79. The molecule has 0 unspecified atom stereocenters. The third kappa shape index (κ3) is 4.19. The molecule has 1 aliphatic rings. The third-order valence-electron chi connectivity index (χ3n) is 5.13. The number of para-hydroxylation sites is 1. The highest BCUT2D eigenvalue weighted by Gasteiger charge is 2.26. The average molecular weight is 372 g/mol. The van der Waals surface area contributed by atoms with Crippen LogP contribution in [0.4, 0.5) is 11.6 Å². The van der Waals surface area contributed by atoms with Gasteiger partial charge in [-0.3, -0.25) is 4.79 Å². The van der Waals surface area contributed by atoms with Gasteiger partial charge in [0.05, 0.1) is 5.69 Å². The van der Waals surface area contributed by atoms with Crippen molar-refractivity contribution in [1.82, 2.24) is 14.9 Å². The van der Waals surface area contributed by atoms with E-state index in [9.17, 15) is 4.79 Å². The maximum absolute atomic E-state index is 12.9. The topological polar surface area (TPSA) is 58.1 Å². The normalized spacial score (nSPS) is 16.6. The van der Waals surface area contributed by atoms with Crippen LogP contribution in [0, 0.1) is 6.92 Å². The van der Waals surface area contributed by atoms with Crippen LogP contribution in [0.25, 0.3) is 0 Å². The summed E-state index contributed by atoms with van der Waals surface area (Å²) in [6, 6.07) is 19.6. The van der Waals surface area contributed by atoms with Gasteiger partial charge in [0.25, 0.3) is 5.91 Å². The number of nitrogens with one attached hydrogen (secondary N) is 1. The number of anilines is 2. The second-order valence-electron chi connectivity index (χ2n) is 7.25. The van der Waals surface area contributed by atoms with E-state index in [1.165, 1.54) is 0 Å². The number of carbonyl (C=O) groups excluding carboxylic acids is 1. The smallest absolute Gasteiger partial charge is 0.253 e. The quantitative estimate of drug-likeness (QED) is 0.730. The summed E-state index contributed by atoms with van der Waals surface area (Å²) in [5.74, 6) is 0.912. The zero-order valence-corrected chi connectivity index (χ0v) is 16.0. The maximum atomic E-state index is 12.9. The van der Waals surface area contributed by atoms with Gasteiger partial charge in [0.15, 0.2) is 0 Å². The molecule has 1 atom stereocenters. The van der Waals surface area contributed by atoms with Crippen LogP contribution in [0.1, 0.15) is 40.4 Å². The molecule has 0 aliphatic carbocycles. The van der Waals surface area contributed by atoms with Crippen LogP contribution in [0.2, 0.25) is 0 Å². The van der Waals surface area contributed by atoms with Crippen LogP contribution < -0.4 is 5.32 Å². The molecule has 0 radical (unpaired) electrons. The van der Waals surface area contributed by atoms with Gasteiger partial charge in [-0.1, -0.05) is 35.9 Å². The predicted octanol–water partition coefficient (Wildman–Crippen LogP) is 4.55. The Morgan fingerprint density at radius 2 is 1.86 bits per heavy atom. The Morgan fingerprint density at radius 3 is 2.64 bits per heavy atom. The van der Waals surface area contributed by atoms with E-state index in [-0.39, 0.29) is 11.8 Å². The van der Waals surface area contributed by atoms with Gasteiger partial charge in [-0.2, -0.15) is 0 Å². The first-order valence-electron chi connectivity index (χ1n) is 9.70.